The fraction of sp³-hybridized carbons (Fsp3) is 0.222. The number of hydrogen-bond donors (Lipinski definition) is 1. The lowest BCUT2D eigenvalue weighted by Crippen LogP contribution is -2.19. The number of nitrogens with two attached hydrogens (primary N) is 1. The van der Waals surface area contributed by atoms with Gasteiger partial charge in [-0.1, -0.05) is 12.1 Å². The molecular weight excluding hydrogens is 242 g/mol. The summed E-state index contributed by atoms with van der Waals surface area (Å²) in [5.41, 5.74) is 1.28. The largest absolute Gasteiger partial charge is 0.228 e. The van der Waals surface area contributed by atoms with Crippen molar-refractivity contribution < 1.29 is 8.42 Å². The van der Waals surface area contributed by atoms with Crippen LogP contribution in [0.3, 0.4) is 0 Å². The molecule has 0 radical (unpaired) electrons. The zero-order chi connectivity index (χ0) is 12.5. The standard InChI is InChI=1S/C9H11N5O2S/c1-7(17(10,15)16)8-3-2-4-9(5-8)14-6-11-12-13-14/h2-7H,1H3,(H2,10,15,16). The highest BCUT2D eigenvalue weighted by atomic mass is 32.2. The molecule has 0 saturated heterocycles. The van der Waals surface area contributed by atoms with Gasteiger partial charge in [0, 0.05) is 0 Å². The summed E-state index contributed by atoms with van der Waals surface area (Å²) in [6.07, 6.45) is 1.43. The summed E-state index contributed by atoms with van der Waals surface area (Å²) in [4.78, 5) is 0. The topological polar surface area (TPSA) is 104 Å². The molecule has 0 aliphatic rings. The minimum atomic E-state index is -3.60. The first-order chi connectivity index (χ1) is 7.98. The van der Waals surface area contributed by atoms with Gasteiger partial charge in [-0.05, 0) is 35.0 Å². The van der Waals surface area contributed by atoms with E-state index in [0.717, 1.165) is 0 Å². The lowest BCUT2D eigenvalue weighted by atomic mass is 10.1. The van der Waals surface area contributed by atoms with Gasteiger partial charge < -0.3 is 0 Å². The lowest BCUT2D eigenvalue weighted by molar-refractivity contribution is 0.588. The second-order valence-electron chi connectivity index (χ2n) is 3.58. The Balaban J connectivity index is 2.42. The van der Waals surface area contributed by atoms with Gasteiger partial charge in [-0.3, -0.25) is 0 Å². The second kappa shape index (κ2) is 4.22. The van der Waals surface area contributed by atoms with Gasteiger partial charge in [0.2, 0.25) is 10.0 Å². The molecule has 7 nitrogen and oxygen atoms in total. The summed E-state index contributed by atoms with van der Waals surface area (Å²) in [5.74, 6) is 0. The molecule has 0 bridgehead atoms. The van der Waals surface area contributed by atoms with Crippen molar-refractivity contribution in [1.82, 2.24) is 20.2 Å². The van der Waals surface area contributed by atoms with E-state index in [2.05, 4.69) is 15.5 Å². The molecule has 0 saturated carbocycles. The van der Waals surface area contributed by atoms with Crippen molar-refractivity contribution >= 4 is 10.0 Å². The molecule has 0 amide bonds. The molecule has 8 heteroatoms. The third-order valence-electron chi connectivity index (χ3n) is 2.45. The Bertz CT molecular complexity index is 608. The van der Waals surface area contributed by atoms with E-state index in [1.54, 1.807) is 24.3 Å². The minimum Gasteiger partial charge on any atom is -0.228 e. The number of sulfonamides is 1. The van der Waals surface area contributed by atoms with Gasteiger partial charge >= 0.3 is 0 Å². The summed E-state index contributed by atoms with van der Waals surface area (Å²) >= 11 is 0. The molecule has 2 rings (SSSR count). The van der Waals surface area contributed by atoms with E-state index in [4.69, 9.17) is 5.14 Å². The number of hydrogen-bond acceptors (Lipinski definition) is 5. The van der Waals surface area contributed by atoms with Gasteiger partial charge in [0.05, 0.1) is 10.9 Å². The average Bonchev–Trinajstić information content (AvgIpc) is 2.80. The Morgan fingerprint density at radius 2 is 2.18 bits per heavy atom. The SMILES string of the molecule is CC(c1cccc(-n2cnnn2)c1)S(N)(=O)=O. The van der Waals surface area contributed by atoms with Crippen LogP contribution in [0.25, 0.3) is 5.69 Å². The van der Waals surface area contributed by atoms with E-state index >= 15 is 0 Å². The van der Waals surface area contributed by atoms with Gasteiger partial charge in [0.1, 0.15) is 6.33 Å². The summed E-state index contributed by atoms with van der Waals surface area (Å²) in [6, 6.07) is 6.89. The number of aromatic nitrogens is 4. The highest BCUT2D eigenvalue weighted by Gasteiger charge is 2.18. The Labute approximate surface area is 98.3 Å². The highest BCUT2D eigenvalue weighted by molar-refractivity contribution is 7.89. The van der Waals surface area contributed by atoms with Crippen LogP contribution in [0, 0.1) is 0 Å². The second-order valence-corrected chi connectivity index (χ2v) is 5.47. The third kappa shape index (κ3) is 2.48. The number of primary sulfonamides is 1. The summed E-state index contributed by atoms with van der Waals surface area (Å²) in [7, 11) is -3.60. The van der Waals surface area contributed by atoms with Gasteiger partial charge in [0.15, 0.2) is 0 Å². The fourth-order valence-corrected chi connectivity index (χ4v) is 1.92. The van der Waals surface area contributed by atoms with Crippen LogP contribution in [-0.4, -0.2) is 28.6 Å². The van der Waals surface area contributed by atoms with Crippen LogP contribution >= 0.6 is 0 Å². The number of nitrogens with zero attached hydrogens (tertiary/aromatic N) is 4. The van der Waals surface area contributed by atoms with Gasteiger partial charge in [-0.25, -0.2) is 18.2 Å². The predicted octanol–water partition coefficient (Wildman–Crippen LogP) is 0.0118. The molecular formula is C9H11N5O2S. The molecule has 1 atom stereocenters. The number of rotatable bonds is 3. The van der Waals surface area contributed by atoms with Crippen molar-refractivity contribution in [2.75, 3.05) is 0 Å². The maximum absolute atomic E-state index is 11.3. The Kier molecular flexibility index (Phi) is 2.90. The molecule has 2 aromatic rings. The first-order valence-electron chi connectivity index (χ1n) is 4.83. The average molecular weight is 253 g/mol. The van der Waals surface area contributed by atoms with Crippen molar-refractivity contribution in [3.05, 3.63) is 36.2 Å². The van der Waals surface area contributed by atoms with E-state index in [9.17, 15) is 8.42 Å². The van der Waals surface area contributed by atoms with Crippen molar-refractivity contribution in [3.63, 3.8) is 0 Å². The molecule has 0 spiro atoms. The van der Waals surface area contributed by atoms with E-state index < -0.39 is 15.3 Å². The highest BCUT2D eigenvalue weighted by Crippen LogP contribution is 2.21. The smallest absolute Gasteiger partial charge is 0.215 e. The molecule has 0 aliphatic carbocycles. The van der Waals surface area contributed by atoms with Crippen molar-refractivity contribution in [2.45, 2.75) is 12.2 Å². The van der Waals surface area contributed by atoms with Crippen molar-refractivity contribution in [3.8, 4) is 5.69 Å². The molecule has 1 aromatic heterocycles. The van der Waals surface area contributed by atoms with Crippen molar-refractivity contribution in [2.24, 2.45) is 5.14 Å². The van der Waals surface area contributed by atoms with E-state index in [0.29, 0.717) is 11.3 Å². The predicted molar refractivity (Wildman–Crippen MR) is 60.7 cm³/mol. The first kappa shape index (κ1) is 11.7. The maximum atomic E-state index is 11.3. The summed E-state index contributed by atoms with van der Waals surface area (Å²) < 4.78 is 24.0. The monoisotopic (exact) mass is 253 g/mol. The van der Waals surface area contributed by atoms with E-state index in [1.165, 1.54) is 17.9 Å². The summed E-state index contributed by atoms with van der Waals surface area (Å²) in [5, 5.41) is 15.1. The van der Waals surface area contributed by atoms with Crippen LogP contribution in [0.2, 0.25) is 0 Å². The normalized spacial score (nSPS) is 13.5. The number of benzene rings is 1. The molecule has 2 N–H and O–H groups in total. The van der Waals surface area contributed by atoms with Crippen LogP contribution in [-0.2, 0) is 10.0 Å². The molecule has 0 fully saturated rings. The maximum Gasteiger partial charge on any atom is 0.215 e. The van der Waals surface area contributed by atoms with Crippen LogP contribution in [0.15, 0.2) is 30.6 Å². The first-order valence-corrected chi connectivity index (χ1v) is 6.44. The Morgan fingerprint density at radius 1 is 1.41 bits per heavy atom. The van der Waals surface area contributed by atoms with Gasteiger partial charge in [0.25, 0.3) is 0 Å². The molecule has 17 heavy (non-hydrogen) atoms. The van der Waals surface area contributed by atoms with Gasteiger partial charge in [-0.15, -0.1) is 5.10 Å². The molecule has 0 aliphatic heterocycles. The zero-order valence-corrected chi connectivity index (χ0v) is 9.87. The van der Waals surface area contributed by atoms with Crippen LogP contribution in [0.5, 0.6) is 0 Å². The minimum absolute atomic E-state index is 0.598. The van der Waals surface area contributed by atoms with Gasteiger partial charge in [-0.2, -0.15) is 0 Å². The van der Waals surface area contributed by atoms with E-state index in [-0.39, 0.29) is 0 Å². The molecule has 1 aromatic carbocycles. The zero-order valence-electron chi connectivity index (χ0n) is 9.06. The van der Waals surface area contributed by atoms with Crippen molar-refractivity contribution in [1.29, 1.82) is 0 Å². The molecule has 1 unspecified atom stereocenters. The Morgan fingerprint density at radius 3 is 2.76 bits per heavy atom. The van der Waals surface area contributed by atoms with E-state index in [1.807, 2.05) is 0 Å². The molecule has 1 heterocycles. The van der Waals surface area contributed by atoms with Crippen LogP contribution < -0.4 is 5.14 Å². The quantitative estimate of drug-likeness (QED) is 0.829. The van der Waals surface area contributed by atoms with Crippen LogP contribution in [0.4, 0.5) is 0 Å². The summed E-state index contributed by atoms with van der Waals surface area (Å²) in [6.45, 7) is 1.54. The van der Waals surface area contributed by atoms with Crippen LogP contribution in [0.1, 0.15) is 17.7 Å². The Hall–Kier alpha value is -1.80. The molecule has 90 valence electrons. The third-order valence-corrected chi connectivity index (χ3v) is 3.70. The lowest BCUT2D eigenvalue weighted by Gasteiger charge is -2.10. The fourth-order valence-electron chi connectivity index (χ4n) is 1.39. The number of tetrazole rings is 1.